The summed E-state index contributed by atoms with van der Waals surface area (Å²) < 4.78 is 0. The van der Waals surface area contributed by atoms with E-state index in [0.717, 1.165) is 35.0 Å². The molecule has 6 nitrogen and oxygen atoms in total. The summed E-state index contributed by atoms with van der Waals surface area (Å²) in [4.78, 5) is 22.3. The smallest absolute Gasteiger partial charge is 0.261 e. The molecule has 2 atom stereocenters. The highest BCUT2D eigenvalue weighted by Crippen LogP contribution is 2.32. The van der Waals surface area contributed by atoms with Gasteiger partial charge in [-0.3, -0.25) is 4.79 Å². The minimum Gasteiger partial charge on any atom is -0.393 e. The van der Waals surface area contributed by atoms with Crippen molar-refractivity contribution in [1.29, 1.82) is 0 Å². The van der Waals surface area contributed by atoms with Crippen LogP contribution < -0.4 is 11.1 Å². The van der Waals surface area contributed by atoms with Gasteiger partial charge in [-0.2, -0.15) is 0 Å². The molecule has 1 aliphatic rings. The van der Waals surface area contributed by atoms with E-state index in [9.17, 15) is 9.90 Å². The lowest BCUT2D eigenvalue weighted by Gasteiger charge is -2.14. The zero-order valence-corrected chi connectivity index (χ0v) is 13.5. The average Bonchev–Trinajstić information content (AvgIpc) is 3.00. The van der Waals surface area contributed by atoms with Gasteiger partial charge in [0.05, 0.1) is 16.4 Å². The number of hydrogen-bond donors (Lipinski definition) is 3. The van der Waals surface area contributed by atoms with Crippen LogP contribution in [0.4, 0.5) is 5.82 Å². The first-order chi connectivity index (χ1) is 10.5. The summed E-state index contributed by atoms with van der Waals surface area (Å²) in [6.07, 6.45) is 2.51. The highest BCUT2D eigenvalue weighted by molar-refractivity contribution is 7.20. The summed E-state index contributed by atoms with van der Waals surface area (Å²) in [6.45, 7) is 4.16. The lowest BCUT2D eigenvalue weighted by Crippen LogP contribution is -2.32. The van der Waals surface area contributed by atoms with Gasteiger partial charge in [0, 0.05) is 12.5 Å². The van der Waals surface area contributed by atoms with Crippen molar-refractivity contribution in [2.75, 3.05) is 12.3 Å². The van der Waals surface area contributed by atoms with Crippen molar-refractivity contribution in [1.82, 2.24) is 15.3 Å². The van der Waals surface area contributed by atoms with Gasteiger partial charge in [0.25, 0.3) is 5.91 Å². The van der Waals surface area contributed by atoms with Gasteiger partial charge < -0.3 is 16.2 Å². The molecular formula is C15H20N4O2S. The summed E-state index contributed by atoms with van der Waals surface area (Å²) in [5.41, 5.74) is 6.78. The number of fused-ring (bicyclic) bond motifs is 1. The van der Waals surface area contributed by atoms with Crippen molar-refractivity contribution in [3.05, 3.63) is 16.3 Å². The van der Waals surface area contributed by atoms with Crippen LogP contribution in [0.2, 0.25) is 0 Å². The first-order valence-electron chi connectivity index (χ1n) is 7.47. The summed E-state index contributed by atoms with van der Waals surface area (Å²) in [7, 11) is 0. The Labute approximate surface area is 132 Å². The van der Waals surface area contributed by atoms with E-state index in [4.69, 9.17) is 5.73 Å². The highest BCUT2D eigenvalue weighted by Gasteiger charge is 2.26. The van der Waals surface area contributed by atoms with Crippen molar-refractivity contribution >= 4 is 33.3 Å². The molecule has 118 valence electrons. The summed E-state index contributed by atoms with van der Waals surface area (Å²) >= 11 is 1.34. The Hall–Kier alpha value is -1.73. The lowest BCUT2D eigenvalue weighted by molar-refractivity contribution is 0.0920. The molecule has 2 unspecified atom stereocenters. The van der Waals surface area contributed by atoms with Crippen LogP contribution in [0.1, 0.15) is 40.3 Å². The third-order valence-electron chi connectivity index (χ3n) is 4.28. The van der Waals surface area contributed by atoms with Crippen LogP contribution in [-0.4, -0.2) is 33.6 Å². The molecule has 0 radical (unpaired) electrons. The van der Waals surface area contributed by atoms with Gasteiger partial charge in [-0.15, -0.1) is 11.3 Å². The third-order valence-corrected chi connectivity index (χ3v) is 5.46. The van der Waals surface area contributed by atoms with E-state index in [0.29, 0.717) is 23.1 Å². The molecule has 7 heteroatoms. The Balaban J connectivity index is 1.82. The zero-order valence-electron chi connectivity index (χ0n) is 12.7. The number of aliphatic hydroxyl groups excluding tert-OH is 1. The number of thiophene rings is 1. The van der Waals surface area contributed by atoms with Crippen molar-refractivity contribution in [3.63, 3.8) is 0 Å². The molecule has 2 aromatic heterocycles. The van der Waals surface area contributed by atoms with Crippen LogP contribution in [0.3, 0.4) is 0 Å². The zero-order chi connectivity index (χ0) is 15.9. The van der Waals surface area contributed by atoms with Gasteiger partial charge in [0.15, 0.2) is 0 Å². The molecule has 1 amide bonds. The van der Waals surface area contributed by atoms with E-state index in [1.54, 1.807) is 6.92 Å². The summed E-state index contributed by atoms with van der Waals surface area (Å²) in [6, 6.07) is 0. The molecule has 0 aliphatic heterocycles. The molecule has 22 heavy (non-hydrogen) atoms. The van der Waals surface area contributed by atoms with Crippen molar-refractivity contribution in [2.45, 2.75) is 39.2 Å². The predicted octanol–water partition coefficient (Wildman–Crippen LogP) is 1.78. The van der Waals surface area contributed by atoms with Crippen LogP contribution >= 0.6 is 11.3 Å². The molecule has 1 aliphatic carbocycles. The molecule has 1 fully saturated rings. The maximum Gasteiger partial charge on any atom is 0.261 e. The Bertz CT molecular complexity index is 728. The number of nitrogens with zero attached hydrogens (tertiary/aromatic N) is 2. The van der Waals surface area contributed by atoms with Crippen molar-refractivity contribution in [3.8, 4) is 0 Å². The monoisotopic (exact) mass is 320 g/mol. The second kappa shape index (κ2) is 5.81. The molecule has 2 heterocycles. The Morgan fingerprint density at radius 3 is 2.86 bits per heavy atom. The standard InChI is InChI=1S/C15H20N4O2S/c1-7-11-13(16)18-8(2)19-15(11)22-12(7)14(21)17-6-9-4-3-5-10(9)20/h9-10,20H,3-6H2,1-2H3,(H,17,21)(H2,16,18,19). The van der Waals surface area contributed by atoms with Gasteiger partial charge in [0.2, 0.25) is 0 Å². The number of nitrogens with one attached hydrogen (secondary N) is 1. The van der Waals surface area contributed by atoms with Crippen LogP contribution in [0.15, 0.2) is 0 Å². The molecule has 0 spiro atoms. The number of aromatic nitrogens is 2. The fourth-order valence-electron chi connectivity index (χ4n) is 3.06. The summed E-state index contributed by atoms with van der Waals surface area (Å²) in [5.74, 6) is 1.05. The van der Waals surface area contributed by atoms with Crippen LogP contribution in [0.25, 0.3) is 10.2 Å². The number of hydrogen-bond acceptors (Lipinski definition) is 6. The number of nitrogen functional groups attached to an aromatic ring is 1. The maximum atomic E-state index is 12.4. The van der Waals surface area contributed by atoms with Gasteiger partial charge in [0.1, 0.15) is 16.5 Å². The minimum atomic E-state index is -0.298. The van der Waals surface area contributed by atoms with Crippen molar-refractivity contribution < 1.29 is 9.90 Å². The predicted molar refractivity (Wildman–Crippen MR) is 87.0 cm³/mol. The molecule has 3 rings (SSSR count). The highest BCUT2D eigenvalue weighted by atomic mass is 32.1. The van der Waals surface area contributed by atoms with Gasteiger partial charge in [-0.05, 0) is 32.3 Å². The number of nitrogens with two attached hydrogens (primary N) is 1. The largest absolute Gasteiger partial charge is 0.393 e. The molecule has 1 saturated carbocycles. The lowest BCUT2D eigenvalue weighted by atomic mass is 10.1. The number of anilines is 1. The quantitative estimate of drug-likeness (QED) is 0.800. The topological polar surface area (TPSA) is 101 Å². The first-order valence-corrected chi connectivity index (χ1v) is 8.28. The number of aryl methyl sites for hydroxylation is 2. The number of aliphatic hydroxyl groups is 1. The average molecular weight is 320 g/mol. The Morgan fingerprint density at radius 1 is 1.41 bits per heavy atom. The fraction of sp³-hybridized carbons (Fsp3) is 0.533. The molecule has 0 saturated heterocycles. The normalized spacial score (nSPS) is 21.4. The minimum absolute atomic E-state index is 0.128. The second-order valence-corrected chi connectivity index (χ2v) is 6.86. The molecule has 2 aromatic rings. The SMILES string of the molecule is Cc1nc(N)c2c(C)c(C(=O)NCC3CCCC3O)sc2n1. The van der Waals surface area contributed by atoms with E-state index in [-0.39, 0.29) is 17.9 Å². The second-order valence-electron chi connectivity index (χ2n) is 5.86. The van der Waals surface area contributed by atoms with Gasteiger partial charge in [-0.1, -0.05) is 6.42 Å². The Kier molecular flexibility index (Phi) is 4.01. The maximum absolute atomic E-state index is 12.4. The molecule has 0 bridgehead atoms. The first kappa shape index (κ1) is 15.2. The van der Waals surface area contributed by atoms with E-state index in [2.05, 4.69) is 15.3 Å². The number of rotatable bonds is 3. The number of amides is 1. The van der Waals surface area contributed by atoms with Gasteiger partial charge in [-0.25, -0.2) is 9.97 Å². The van der Waals surface area contributed by atoms with E-state index in [1.165, 1.54) is 11.3 Å². The van der Waals surface area contributed by atoms with E-state index in [1.807, 2.05) is 6.92 Å². The fourth-order valence-corrected chi connectivity index (χ4v) is 4.21. The van der Waals surface area contributed by atoms with Crippen molar-refractivity contribution in [2.24, 2.45) is 5.92 Å². The van der Waals surface area contributed by atoms with E-state index < -0.39 is 0 Å². The summed E-state index contributed by atoms with van der Waals surface area (Å²) in [5, 5.41) is 13.5. The van der Waals surface area contributed by atoms with Crippen LogP contribution in [-0.2, 0) is 0 Å². The number of carbonyl (C=O) groups excluding carboxylic acids is 1. The molecule has 4 N–H and O–H groups in total. The van der Waals surface area contributed by atoms with E-state index >= 15 is 0 Å². The number of carbonyl (C=O) groups is 1. The molecule has 0 aromatic carbocycles. The third kappa shape index (κ3) is 2.66. The van der Waals surface area contributed by atoms with Crippen LogP contribution in [0, 0.1) is 19.8 Å². The Morgan fingerprint density at radius 2 is 2.18 bits per heavy atom. The molecular weight excluding hydrogens is 300 g/mol. The van der Waals surface area contributed by atoms with Gasteiger partial charge >= 0.3 is 0 Å². The van der Waals surface area contributed by atoms with Crippen LogP contribution in [0.5, 0.6) is 0 Å².